The second-order valence-corrected chi connectivity index (χ2v) is 10.6. The Morgan fingerprint density at radius 2 is 1.63 bits per heavy atom. The molecule has 0 unspecified atom stereocenters. The molecule has 0 saturated carbocycles. The molecule has 2 aliphatic rings. The van der Waals surface area contributed by atoms with Crippen LogP contribution in [0.15, 0.2) is 49.1 Å². The first-order chi connectivity index (χ1) is 18.4. The molecule has 38 heavy (non-hydrogen) atoms. The van der Waals surface area contributed by atoms with Gasteiger partial charge in [0.25, 0.3) is 5.91 Å². The smallest absolute Gasteiger partial charge is 0.253 e. The monoisotopic (exact) mass is 513 g/mol. The summed E-state index contributed by atoms with van der Waals surface area (Å²) < 4.78 is 2.07. The maximum Gasteiger partial charge on any atom is 0.253 e. The Bertz CT molecular complexity index is 1430. The molecule has 4 aromatic rings. The number of likely N-dealkylation sites (N-methyl/N-ethyl adjacent to an activating group) is 1. The number of benzene rings is 1. The molecule has 0 radical (unpaired) electrons. The molecule has 2 fully saturated rings. The average molecular weight is 514 g/mol. The van der Waals surface area contributed by atoms with Gasteiger partial charge in [0.15, 0.2) is 0 Å². The first kappa shape index (κ1) is 26.1. The van der Waals surface area contributed by atoms with Crippen molar-refractivity contribution < 1.29 is 4.79 Å². The van der Waals surface area contributed by atoms with Crippen molar-refractivity contribution in [3.05, 3.63) is 60.3 Å². The van der Waals surface area contributed by atoms with Crippen LogP contribution in [0.25, 0.3) is 21.9 Å². The molecule has 0 bridgehead atoms. The average Bonchev–Trinajstić information content (AvgIpc) is 3.33. The van der Waals surface area contributed by atoms with Gasteiger partial charge >= 0.3 is 0 Å². The topological polar surface area (TPSA) is 70.4 Å². The Balaban J connectivity index is 0.00000144. The van der Waals surface area contributed by atoms with Gasteiger partial charge in [0, 0.05) is 74.4 Å². The molecule has 6 rings (SSSR count). The van der Waals surface area contributed by atoms with Crippen LogP contribution < -0.4 is 4.90 Å². The molecule has 2 aliphatic heterocycles. The molecule has 2 saturated heterocycles. The van der Waals surface area contributed by atoms with Gasteiger partial charge in [-0.05, 0) is 50.2 Å². The Labute approximate surface area is 225 Å². The normalized spacial score (nSPS) is 17.9. The van der Waals surface area contributed by atoms with Gasteiger partial charge in [0.1, 0.15) is 11.8 Å². The van der Waals surface area contributed by atoms with Gasteiger partial charge in [0.2, 0.25) is 0 Å². The number of nitrogens with zero attached hydrogens (tertiary/aromatic N) is 7. The number of hydrogen-bond donors (Lipinski definition) is 0. The van der Waals surface area contributed by atoms with E-state index in [1.54, 1.807) is 6.33 Å². The van der Waals surface area contributed by atoms with Gasteiger partial charge in [0.05, 0.1) is 23.1 Å². The van der Waals surface area contributed by atoms with Crippen molar-refractivity contribution >= 4 is 33.5 Å². The zero-order chi connectivity index (χ0) is 26.9. The summed E-state index contributed by atoms with van der Waals surface area (Å²) in [6.07, 6.45) is 7.37. The third-order valence-corrected chi connectivity index (χ3v) is 8.19. The second kappa shape index (κ2) is 10.7. The zero-order valence-electron chi connectivity index (χ0n) is 23.3. The predicted molar refractivity (Wildman–Crippen MR) is 154 cm³/mol. The molecule has 200 valence electrons. The van der Waals surface area contributed by atoms with E-state index in [0.717, 1.165) is 77.9 Å². The second-order valence-electron chi connectivity index (χ2n) is 10.6. The number of carbonyl (C=O) groups is 1. The lowest BCUT2D eigenvalue weighted by Gasteiger charge is -2.39. The van der Waals surface area contributed by atoms with E-state index in [1.165, 1.54) is 0 Å². The minimum atomic E-state index is -0.149. The molecule has 5 heterocycles. The maximum absolute atomic E-state index is 13.3. The highest BCUT2D eigenvalue weighted by Gasteiger charge is 2.36. The van der Waals surface area contributed by atoms with Crippen molar-refractivity contribution in [3.63, 3.8) is 0 Å². The van der Waals surface area contributed by atoms with Crippen LogP contribution in [0.2, 0.25) is 0 Å². The molecular weight excluding hydrogens is 474 g/mol. The number of hydrogen-bond acceptors (Lipinski definition) is 6. The Morgan fingerprint density at radius 1 is 0.895 bits per heavy atom. The number of piperazine rings is 1. The van der Waals surface area contributed by atoms with Crippen molar-refractivity contribution in [1.29, 1.82) is 0 Å². The van der Waals surface area contributed by atoms with Crippen LogP contribution in [0.3, 0.4) is 0 Å². The van der Waals surface area contributed by atoms with Crippen molar-refractivity contribution in [3.8, 4) is 0 Å². The summed E-state index contributed by atoms with van der Waals surface area (Å²) in [7, 11) is 4.19. The third-order valence-electron chi connectivity index (χ3n) is 8.19. The number of fused-ring (bicyclic) bond motifs is 2. The number of aryl methyl sites for hydroxylation is 1. The number of likely N-dealkylation sites (tertiary alicyclic amines) is 1. The van der Waals surface area contributed by atoms with Crippen LogP contribution in [-0.4, -0.2) is 81.5 Å². The number of amides is 1. The quantitative estimate of drug-likeness (QED) is 0.402. The van der Waals surface area contributed by atoms with Gasteiger partial charge < -0.3 is 19.3 Å². The number of pyridine rings is 1. The standard InChI is InChI=1S/C28H33N7O.C2H6/c1-28(7-10-35(11-8-28)27(36)21-4-5-24-20(16-21)6-9-33(24)3)26-25-23(30-19-31-26)17-22(18-29-25)34-14-12-32(2)13-15-34;1-2/h4-6,9,16-19H,7-8,10-15H2,1-3H3;1-2H3. The van der Waals surface area contributed by atoms with E-state index in [2.05, 4.69) is 45.5 Å². The van der Waals surface area contributed by atoms with Crippen LogP contribution in [0, 0.1) is 0 Å². The molecule has 0 N–H and O–H groups in total. The Hall–Kier alpha value is -3.52. The van der Waals surface area contributed by atoms with E-state index >= 15 is 0 Å². The van der Waals surface area contributed by atoms with E-state index in [1.807, 2.05) is 56.4 Å². The lowest BCUT2D eigenvalue weighted by Crippen LogP contribution is -2.44. The molecule has 8 heteroatoms. The van der Waals surface area contributed by atoms with Crippen LogP contribution >= 0.6 is 0 Å². The van der Waals surface area contributed by atoms with Crippen LogP contribution in [0.1, 0.15) is 49.7 Å². The number of aromatic nitrogens is 4. The summed E-state index contributed by atoms with van der Waals surface area (Å²) >= 11 is 0. The third kappa shape index (κ3) is 4.85. The van der Waals surface area contributed by atoms with E-state index in [-0.39, 0.29) is 11.3 Å². The summed E-state index contributed by atoms with van der Waals surface area (Å²) in [5.74, 6) is 0.102. The fourth-order valence-electron chi connectivity index (χ4n) is 5.65. The summed E-state index contributed by atoms with van der Waals surface area (Å²) in [6.45, 7) is 11.8. The van der Waals surface area contributed by atoms with Gasteiger partial charge in [-0.15, -0.1) is 0 Å². The van der Waals surface area contributed by atoms with E-state index in [0.29, 0.717) is 13.1 Å². The highest BCUT2D eigenvalue weighted by molar-refractivity contribution is 5.98. The van der Waals surface area contributed by atoms with Gasteiger partial charge in [-0.2, -0.15) is 0 Å². The van der Waals surface area contributed by atoms with E-state index in [4.69, 9.17) is 9.97 Å². The largest absolute Gasteiger partial charge is 0.368 e. The maximum atomic E-state index is 13.3. The number of anilines is 1. The lowest BCUT2D eigenvalue weighted by atomic mass is 9.76. The number of piperidine rings is 1. The Kier molecular flexibility index (Phi) is 7.34. The number of rotatable bonds is 3. The summed E-state index contributed by atoms with van der Waals surface area (Å²) in [4.78, 5) is 34.2. The van der Waals surface area contributed by atoms with Crippen molar-refractivity contribution in [1.82, 2.24) is 29.3 Å². The summed E-state index contributed by atoms with van der Waals surface area (Å²) in [6, 6.07) is 10.2. The lowest BCUT2D eigenvalue weighted by molar-refractivity contribution is 0.0674. The first-order valence-electron chi connectivity index (χ1n) is 13.8. The molecule has 3 aromatic heterocycles. The van der Waals surface area contributed by atoms with Crippen LogP contribution in [0.5, 0.6) is 0 Å². The fraction of sp³-hybridized carbons (Fsp3) is 0.467. The van der Waals surface area contributed by atoms with Crippen LogP contribution in [0.4, 0.5) is 5.69 Å². The van der Waals surface area contributed by atoms with Crippen molar-refractivity contribution in [2.75, 3.05) is 51.2 Å². The molecule has 1 amide bonds. The fourth-order valence-corrected chi connectivity index (χ4v) is 5.65. The van der Waals surface area contributed by atoms with Gasteiger partial charge in [-0.25, -0.2) is 9.97 Å². The van der Waals surface area contributed by atoms with Crippen molar-refractivity contribution in [2.24, 2.45) is 7.05 Å². The Morgan fingerprint density at radius 3 is 2.37 bits per heavy atom. The SMILES string of the molecule is CC.CN1CCN(c2cnc3c(C4(C)CCN(C(=O)c5ccc6c(ccn6C)c5)CC4)ncnc3c2)CC1. The molecule has 0 spiro atoms. The summed E-state index contributed by atoms with van der Waals surface area (Å²) in [5.41, 5.74) is 5.64. The zero-order valence-corrected chi connectivity index (χ0v) is 23.3. The van der Waals surface area contributed by atoms with E-state index < -0.39 is 0 Å². The number of carbonyl (C=O) groups excluding carboxylic acids is 1. The highest BCUT2D eigenvalue weighted by atomic mass is 16.2. The van der Waals surface area contributed by atoms with Crippen molar-refractivity contribution in [2.45, 2.75) is 39.0 Å². The minimum Gasteiger partial charge on any atom is -0.368 e. The molecule has 0 aliphatic carbocycles. The highest BCUT2D eigenvalue weighted by Crippen LogP contribution is 2.37. The molecular formula is C30H39N7O. The van der Waals surface area contributed by atoms with Gasteiger partial charge in [-0.1, -0.05) is 20.8 Å². The van der Waals surface area contributed by atoms with Gasteiger partial charge in [-0.3, -0.25) is 9.78 Å². The predicted octanol–water partition coefficient (Wildman–Crippen LogP) is 4.49. The van der Waals surface area contributed by atoms with Crippen LogP contribution in [-0.2, 0) is 12.5 Å². The minimum absolute atomic E-state index is 0.102. The molecule has 8 nitrogen and oxygen atoms in total. The molecule has 1 aromatic carbocycles. The molecule has 0 atom stereocenters. The summed E-state index contributed by atoms with van der Waals surface area (Å²) in [5, 5.41) is 1.10. The van der Waals surface area contributed by atoms with E-state index in [9.17, 15) is 4.79 Å². The first-order valence-corrected chi connectivity index (χ1v) is 13.8.